The third-order valence-corrected chi connectivity index (χ3v) is 3.87. The van der Waals surface area contributed by atoms with E-state index < -0.39 is 0 Å². The number of halogens is 2. The molecule has 0 saturated heterocycles. The first-order valence-electron chi connectivity index (χ1n) is 3.46. The average Bonchev–Trinajstić information content (AvgIpc) is 2.47. The van der Waals surface area contributed by atoms with Crippen LogP contribution in [0, 0.1) is 17.2 Å². The Hall–Kier alpha value is 0.150. The van der Waals surface area contributed by atoms with Gasteiger partial charge in [-0.15, -0.1) is 11.3 Å². The van der Waals surface area contributed by atoms with E-state index in [4.69, 9.17) is 5.26 Å². The summed E-state index contributed by atoms with van der Waals surface area (Å²) in [5.74, 6) is 0.0931. The van der Waals surface area contributed by atoms with Gasteiger partial charge in [0, 0.05) is 10.2 Å². The molecule has 0 saturated carbocycles. The molecular weight excluding hydrogens is 302 g/mol. The molecule has 1 unspecified atom stereocenters. The van der Waals surface area contributed by atoms with Crippen LogP contribution in [0.4, 0.5) is 0 Å². The Morgan fingerprint density at radius 3 is 2.75 bits per heavy atom. The van der Waals surface area contributed by atoms with Gasteiger partial charge in [0.05, 0.1) is 15.8 Å². The number of rotatable bonds is 3. The van der Waals surface area contributed by atoms with Gasteiger partial charge in [-0.05, 0) is 34.5 Å². The van der Waals surface area contributed by atoms with Gasteiger partial charge in [0.1, 0.15) is 0 Å². The molecule has 0 aliphatic carbocycles. The highest BCUT2D eigenvalue weighted by atomic mass is 79.9. The Labute approximate surface area is 92.7 Å². The molecule has 1 heterocycles. The quantitative estimate of drug-likeness (QED) is 0.783. The predicted octanol–water partition coefficient (Wildman–Crippen LogP) is 3.59. The first-order valence-corrected chi connectivity index (χ1v) is 6.19. The van der Waals surface area contributed by atoms with Crippen LogP contribution in [0.1, 0.15) is 4.88 Å². The number of hydrogen-bond donors (Lipinski definition) is 0. The van der Waals surface area contributed by atoms with Crippen molar-refractivity contribution in [2.75, 3.05) is 5.33 Å². The van der Waals surface area contributed by atoms with E-state index in [1.165, 1.54) is 4.88 Å². The number of nitrogens with zero attached hydrogens (tertiary/aromatic N) is 1. The lowest BCUT2D eigenvalue weighted by Gasteiger charge is -2.00. The highest BCUT2D eigenvalue weighted by molar-refractivity contribution is 9.11. The molecule has 0 fully saturated rings. The Kier molecular flexibility index (Phi) is 4.27. The molecule has 1 rings (SSSR count). The predicted molar refractivity (Wildman–Crippen MR) is 58.6 cm³/mol. The molecule has 0 spiro atoms. The van der Waals surface area contributed by atoms with Gasteiger partial charge in [0.15, 0.2) is 0 Å². The van der Waals surface area contributed by atoms with Crippen LogP contribution in [-0.2, 0) is 6.42 Å². The van der Waals surface area contributed by atoms with Gasteiger partial charge in [0.2, 0.25) is 0 Å². The summed E-state index contributed by atoms with van der Waals surface area (Å²) in [6.45, 7) is 0. The van der Waals surface area contributed by atoms with E-state index in [-0.39, 0.29) is 5.92 Å². The average molecular weight is 309 g/mol. The molecule has 4 heteroatoms. The Balaban J connectivity index is 2.58. The smallest absolute Gasteiger partial charge is 0.0701 e. The van der Waals surface area contributed by atoms with E-state index in [1.54, 1.807) is 11.3 Å². The third kappa shape index (κ3) is 2.89. The SMILES string of the molecule is N#CC(CBr)Cc1ccc(Br)s1. The molecular formula is C8H7Br2NS. The zero-order valence-corrected chi connectivity index (χ0v) is 10.2. The second kappa shape index (κ2) is 5.00. The molecule has 0 aliphatic rings. The molecule has 64 valence electrons. The molecule has 1 nitrogen and oxygen atoms in total. The highest BCUT2D eigenvalue weighted by Crippen LogP contribution is 2.24. The van der Waals surface area contributed by atoms with Gasteiger partial charge in [-0.3, -0.25) is 0 Å². The zero-order valence-electron chi connectivity index (χ0n) is 6.26. The van der Waals surface area contributed by atoms with Gasteiger partial charge >= 0.3 is 0 Å². The molecule has 0 N–H and O–H groups in total. The maximum Gasteiger partial charge on any atom is 0.0701 e. The van der Waals surface area contributed by atoms with Crippen LogP contribution in [0.15, 0.2) is 15.9 Å². The minimum absolute atomic E-state index is 0.0931. The summed E-state index contributed by atoms with van der Waals surface area (Å²) in [6, 6.07) is 6.33. The summed E-state index contributed by atoms with van der Waals surface area (Å²) in [7, 11) is 0. The fourth-order valence-corrected chi connectivity index (χ4v) is 2.78. The minimum atomic E-state index is 0.0931. The number of nitriles is 1. The maximum atomic E-state index is 8.71. The van der Waals surface area contributed by atoms with Crippen LogP contribution in [0.25, 0.3) is 0 Å². The molecule has 0 bridgehead atoms. The van der Waals surface area contributed by atoms with Crippen molar-refractivity contribution in [3.05, 3.63) is 20.8 Å². The van der Waals surface area contributed by atoms with Crippen molar-refractivity contribution >= 4 is 43.2 Å². The first kappa shape index (κ1) is 10.2. The van der Waals surface area contributed by atoms with Crippen molar-refractivity contribution in [2.45, 2.75) is 6.42 Å². The maximum absolute atomic E-state index is 8.71. The second-order valence-corrected chi connectivity index (χ2v) is 5.59. The summed E-state index contributed by atoms with van der Waals surface area (Å²) in [5, 5.41) is 9.46. The van der Waals surface area contributed by atoms with E-state index in [0.717, 1.165) is 15.5 Å². The van der Waals surface area contributed by atoms with Gasteiger partial charge < -0.3 is 0 Å². The number of hydrogen-bond acceptors (Lipinski definition) is 2. The first-order chi connectivity index (χ1) is 5.76. The van der Waals surface area contributed by atoms with Gasteiger partial charge in [0.25, 0.3) is 0 Å². The summed E-state index contributed by atoms with van der Waals surface area (Å²) in [4.78, 5) is 1.26. The third-order valence-electron chi connectivity index (χ3n) is 1.45. The lowest BCUT2D eigenvalue weighted by Crippen LogP contribution is -2.00. The molecule has 0 aliphatic heterocycles. The zero-order chi connectivity index (χ0) is 8.97. The van der Waals surface area contributed by atoms with Gasteiger partial charge in [-0.1, -0.05) is 15.9 Å². The standard InChI is InChI=1S/C8H7Br2NS/c9-4-6(5-11)3-7-1-2-8(10)12-7/h1-2,6H,3-4H2. The minimum Gasteiger partial charge on any atom is -0.198 e. The van der Waals surface area contributed by atoms with E-state index in [9.17, 15) is 0 Å². The van der Waals surface area contributed by atoms with E-state index in [0.29, 0.717) is 0 Å². The molecule has 1 aromatic rings. The van der Waals surface area contributed by atoms with Crippen molar-refractivity contribution in [2.24, 2.45) is 5.92 Å². The molecule has 1 aromatic heterocycles. The van der Waals surface area contributed by atoms with E-state index in [2.05, 4.69) is 44.0 Å². The number of alkyl halides is 1. The highest BCUT2D eigenvalue weighted by Gasteiger charge is 2.07. The Bertz CT molecular complexity index is 289. The fraction of sp³-hybridized carbons (Fsp3) is 0.375. The summed E-state index contributed by atoms with van der Waals surface area (Å²) in [6.07, 6.45) is 0.845. The normalized spacial score (nSPS) is 12.4. The molecule has 0 aromatic carbocycles. The van der Waals surface area contributed by atoms with Crippen LogP contribution in [0.2, 0.25) is 0 Å². The molecule has 12 heavy (non-hydrogen) atoms. The summed E-state index contributed by atoms with van der Waals surface area (Å²) < 4.78 is 1.13. The van der Waals surface area contributed by atoms with E-state index >= 15 is 0 Å². The van der Waals surface area contributed by atoms with Crippen LogP contribution in [-0.4, -0.2) is 5.33 Å². The monoisotopic (exact) mass is 307 g/mol. The van der Waals surface area contributed by atoms with Crippen molar-refractivity contribution in [1.82, 2.24) is 0 Å². The summed E-state index contributed by atoms with van der Waals surface area (Å²) >= 11 is 8.39. The van der Waals surface area contributed by atoms with E-state index in [1.807, 2.05) is 6.07 Å². The van der Waals surface area contributed by atoms with Crippen molar-refractivity contribution in [1.29, 1.82) is 5.26 Å². The Morgan fingerprint density at radius 1 is 1.58 bits per heavy atom. The fourth-order valence-electron chi connectivity index (χ4n) is 0.839. The van der Waals surface area contributed by atoms with Gasteiger partial charge in [-0.2, -0.15) is 5.26 Å². The second-order valence-electron chi connectivity index (χ2n) is 2.39. The topological polar surface area (TPSA) is 23.8 Å². The summed E-state index contributed by atoms with van der Waals surface area (Å²) in [5.41, 5.74) is 0. The van der Waals surface area contributed by atoms with Crippen LogP contribution in [0.3, 0.4) is 0 Å². The van der Waals surface area contributed by atoms with Crippen molar-refractivity contribution < 1.29 is 0 Å². The van der Waals surface area contributed by atoms with Gasteiger partial charge in [-0.25, -0.2) is 0 Å². The van der Waals surface area contributed by atoms with Crippen molar-refractivity contribution in [3.63, 3.8) is 0 Å². The largest absolute Gasteiger partial charge is 0.198 e. The van der Waals surface area contributed by atoms with Crippen LogP contribution < -0.4 is 0 Å². The Morgan fingerprint density at radius 2 is 2.33 bits per heavy atom. The van der Waals surface area contributed by atoms with Crippen LogP contribution >= 0.6 is 43.2 Å². The number of thiophene rings is 1. The molecule has 0 radical (unpaired) electrons. The molecule has 0 amide bonds. The van der Waals surface area contributed by atoms with Crippen LogP contribution in [0.5, 0.6) is 0 Å². The molecule has 1 atom stereocenters. The lowest BCUT2D eigenvalue weighted by molar-refractivity contribution is 0.766. The van der Waals surface area contributed by atoms with Crippen molar-refractivity contribution in [3.8, 4) is 6.07 Å². The lowest BCUT2D eigenvalue weighted by atomic mass is 10.1.